The van der Waals surface area contributed by atoms with Gasteiger partial charge in [-0.3, -0.25) is 9.59 Å². The van der Waals surface area contributed by atoms with Crippen molar-refractivity contribution >= 4 is 17.5 Å². The summed E-state index contributed by atoms with van der Waals surface area (Å²) in [4.78, 5) is 33.5. The van der Waals surface area contributed by atoms with Gasteiger partial charge in [0.05, 0.1) is 6.04 Å². The van der Waals surface area contributed by atoms with Crippen LogP contribution in [0.4, 0.5) is 0 Å². The Hall–Kier alpha value is -1.23. The Morgan fingerprint density at radius 3 is 2.24 bits per heavy atom. The summed E-state index contributed by atoms with van der Waals surface area (Å²) in [7, 11) is 0. The predicted molar refractivity (Wildman–Crippen MR) is 65.4 cm³/mol. The Morgan fingerprint density at radius 2 is 1.76 bits per heavy atom. The number of Topliss-reactive ketones (excluding diaryl/α,β-unsaturated/α-hetero) is 2. The van der Waals surface area contributed by atoms with Gasteiger partial charge in [0.1, 0.15) is 5.78 Å². The van der Waals surface area contributed by atoms with Crippen molar-refractivity contribution in [3.05, 3.63) is 0 Å². The van der Waals surface area contributed by atoms with Crippen LogP contribution in [0.25, 0.3) is 0 Å². The molecule has 0 rings (SSSR count). The van der Waals surface area contributed by atoms with Crippen LogP contribution in [-0.2, 0) is 14.4 Å². The predicted octanol–water partition coefficient (Wildman–Crippen LogP) is 0.558. The molecule has 0 heterocycles. The molecule has 0 spiro atoms. The zero-order valence-electron chi connectivity index (χ0n) is 10.6. The van der Waals surface area contributed by atoms with E-state index in [0.29, 0.717) is 13.0 Å². The molecule has 0 radical (unpaired) electrons. The van der Waals surface area contributed by atoms with E-state index < -0.39 is 6.04 Å². The number of carbonyl (C=O) groups excluding carboxylic acids is 3. The van der Waals surface area contributed by atoms with Gasteiger partial charge in [-0.2, -0.15) is 0 Å². The van der Waals surface area contributed by atoms with Crippen LogP contribution in [-0.4, -0.2) is 30.1 Å². The van der Waals surface area contributed by atoms with Crippen LogP contribution in [0.1, 0.15) is 46.0 Å². The lowest BCUT2D eigenvalue weighted by molar-refractivity contribution is -0.128. The third-order valence-corrected chi connectivity index (χ3v) is 2.48. The first-order valence-corrected chi connectivity index (χ1v) is 5.96. The highest BCUT2D eigenvalue weighted by Crippen LogP contribution is 2.02. The molecule has 1 unspecified atom stereocenters. The monoisotopic (exact) mass is 242 g/mol. The van der Waals surface area contributed by atoms with Crippen molar-refractivity contribution in [1.29, 1.82) is 0 Å². The molecule has 1 atom stereocenters. The smallest absolute Gasteiger partial charge is 0.221 e. The summed E-state index contributed by atoms with van der Waals surface area (Å²) in [5, 5.41) is 2.65. The molecular formula is C12H22N2O3. The molecule has 0 saturated carbocycles. The molecule has 1 amide bonds. The van der Waals surface area contributed by atoms with E-state index in [-0.39, 0.29) is 30.3 Å². The number of nitrogens with two attached hydrogens (primary N) is 1. The summed E-state index contributed by atoms with van der Waals surface area (Å²) in [6, 6.07) is -0.444. The van der Waals surface area contributed by atoms with Crippen LogP contribution in [0.15, 0.2) is 0 Å². The zero-order valence-corrected chi connectivity index (χ0v) is 10.6. The van der Waals surface area contributed by atoms with E-state index in [1.807, 2.05) is 0 Å². The van der Waals surface area contributed by atoms with Gasteiger partial charge in [0.15, 0.2) is 5.78 Å². The van der Waals surface area contributed by atoms with Gasteiger partial charge in [0.25, 0.3) is 0 Å². The van der Waals surface area contributed by atoms with Crippen LogP contribution in [0.2, 0.25) is 0 Å². The van der Waals surface area contributed by atoms with Gasteiger partial charge in [-0.15, -0.1) is 0 Å². The van der Waals surface area contributed by atoms with Crippen LogP contribution in [0.3, 0.4) is 0 Å². The number of rotatable bonds is 9. The number of nitrogens with one attached hydrogen (secondary N) is 1. The van der Waals surface area contributed by atoms with Crippen molar-refractivity contribution in [3.8, 4) is 0 Å². The van der Waals surface area contributed by atoms with E-state index in [2.05, 4.69) is 5.32 Å². The zero-order chi connectivity index (χ0) is 13.3. The normalized spacial score (nSPS) is 11.9. The molecule has 0 aliphatic carbocycles. The van der Waals surface area contributed by atoms with E-state index in [1.165, 1.54) is 13.8 Å². The van der Waals surface area contributed by atoms with Gasteiger partial charge < -0.3 is 15.8 Å². The van der Waals surface area contributed by atoms with Crippen LogP contribution >= 0.6 is 0 Å². The Bertz CT molecular complexity index is 277. The molecule has 0 saturated heterocycles. The second-order valence-electron chi connectivity index (χ2n) is 4.22. The minimum Gasteiger partial charge on any atom is -0.346 e. The maximum absolute atomic E-state index is 11.5. The van der Waals surface area contributed by atoms with Crippen molar-refractivity contribution in [2.75, 3.05) is 6.54 Å². The van der Waals surface area contributed by atoms with Crippen LogP contribution < -0.4 is 11.1 Å². The fourth-order valence-corrected chi connectivity index (χ4v) is 1.43. The highest BCUT2D eigenvalue weighted by Gasteiger charge is 2.16. The topological polar surface area (TPSA) is 89.3 Å². The lowest BCUT2D eigenvalue weighted by Gasteiger charge is -2.15. The van der Waals surface area contributed by atoms with Crippen molar-refractivity contribution in [1.82, 2.24) is 5.32 Å². The van der Waals surface area contributed by atoms with Crippen LogP contribution in [0.5, 0.6) is 0 Å². The molecule has 5 heteroatoms. The van der Waals surface area contributed by atoms with Gasteiger partial charge in [-0.25, -0.2) is 0 Å². The molecule has 98 valence electrons. The third-order valence-electron chi connectivity index (χ3n) is 2.48. The van der Waals surface area contributed by atoms with Crippen molar-refractivity contribution in [3.63, 3.8) is 0 Å². The second-order valence-corrected chi connectivity index (χ2v) is 4.22. The van der Waals surface area contributed by atoms with E-state index >= 15 is 0 Å². The third kappa shape index (κ3) is 8.56. The minimum atomic E-state index is -0.444. The highest BCUT2D eigenvalue weighted by atomic mass is 16.2. The Balaban J connectivity index is 4.02. The van der Waals surface area contributed by atoms with E-state index in [0.717, 1.165) is 12.8 Å². The summed E-state index contributed by atoms with van der Waals surface area (Å²) >= 11 is 0. The van der Waals surface area contributed by atoms with E-state index in [9.17, 15) is 14.4 Å². The van der Waals surface area contributed by atoms with Crippen LogP contribution in [0, 0.1) is 0 Å². The second kappa shape index (κ2) is 8.87. The summed E-state index contributed by atoms with van der Waals surface area (Å²) in [6.07, 6.45) is 2.63. The molecule has 0 fully saturated rings. The minimum absolute atomic E-state index is 0.0253. The molecule has 3 N–H and O–H groups in total. The Kier molecular flexibility index (Phi) is 8.23. The Labute approximate surface area is 102 Å². The average molecular weight is 242 g/mol. The maximum atomic E-state index is 11.5. The fraction of sp³-hybridized carbons (Fsp3) is 0.750. The SMILES string of the molecule is CC(=O)CCC(=O)NC(CCCCN)C(C)=O. The number of hydrogen-bond donors (Lipinski definition) is 2. The lowest BCUT2D eigenvalue weighted by atomic mass is 10.1. The van der Waals surface area contributed by atoms with Crippen molar-refractivity contribution in [2.24, 2.45) is 5.73 Å². The van der Waals surface area contributed by atoms with Crippen molar-refractivity contribution < 1.29 is 14.4 Å². The summed E-state index contributed by atoms with van der Waals surface area (Å²) < 4.78 is 0. The molecule has 0 aromatic rings. The molecular weight excluding hydrogens is 220 g/mol. The van der Waals surface area contributed by atoms with Gasteiger partial charge >= 0.3 is 0 Å². The average Bonchev–Trinajstić information content (AvgIpc) is 2.25. The van der Waals surface area contributed by atoms with Gasteiger partial charge in [0, 0.05) is 12.8 Å². The van der Waals surface area contributed by atoms with Gasteiger partial charge in [-0.1, -0.05) is 0 Å². The largest absolute Gasteiger partial charge is 0.346 e. The fourth-order valence-electron chi connectivity index (χ4n) is 1.43. The Morgan fingerprint density at radius 1 is 1.12 bits per heavy atom. The molecule has 0 bridgehead atoms. The van der Waals surface area contributed by atoms with E-state index in [1.54, 1.807) is 0 Å². The van der Waals surface area contributed by atoms with Gasteiger partial charge in [0.2, 0.25) is 5.91 Å². The molecule has 0 aliphatic rings. The molecule has 0 aromatic carbocycles. The van der Waals surface area contributed by atoms with E-state index in [4.69, 9.17) is 5.73 Å². The highest BCUT2D eigenvalue weighted by molar-refractivity contribution is 5.89. The number of amides is 1. The summed E-state index contributed by atoms with van der Waals surface area (Å²) in [6.45, 7) is 3.48. The maximum Gasteiger partial charge on any atom is 0.221 e. The molecule has 0 aromatic heterocycles. The quantitative estimate of drug-likeness (QED) is 0.578. The lowest BCUT2D eigenvalue weighted by Crippen LogP contribution is -2.39. The number of hydrogen-bond acceptors (Lipinski definition) is 4. The first-order chi connectivity index (χ1) is 7.97. The number of carbonyl (C=O) groups is 3. The first kappa shape index (κ1) is 15.8. The molecule has 17 heavy (non-hydrogen) atoms. The summed E-state index contributed by atoms with van der Waals surface area (Å²) in [5.74, 6) is -0.325. The van der Waals surface area contributed by atoms with Gasteiger partial charge in [-0.05, 0) is 39.7 Å². The standard InChI is InChI=1S/C12H22N2O3/c1-9(15)6-7-12(17)14-11(10(2)16)5-3-4-8-13/h11H,3-8,13H2,1-2H3,(H,14,17). The number of ketones is 2. The molecule has 5 nitrogen and oxygen atoms in total. The molecule has 0 aliphatic heterocycles. The summed E-state index contributed by atoms with van der Waals surface area (Å²) in [5.41, 5.74) is 5.36. The van der Waals surface area contributed by atoms with Crippen molar-refractivity contribution in [2.45, 2.75) is 52.0 Å². The first-order valence-electron chi connectivity index (χ1n) is 5.96. The number of unbranched alkanes of at least 4 members (excludes halogenated alkanes) is 1.